The molecule has 0 bridgehead atoms. The summed E-state index contributed by atoms with van der Waals surface area (Å²) in [5.74, 6) is 0.219. The van der Waals surface area contributed by atoms with Crippen LogP contribution >= 0.6 is 22.9 Å². The van der Waals surface area contributed by atoms with Gasteiger partial charge in [-0.2, -0.15) is 0 Å². The Labute approximate surface area is 285 Å². The van der Waals surface area contributed by atoms with E-state index in [1.54, 1.807) is 82.5 Å². The Kier molecular flexibility index (Phi) is 9.47. The van der Waals surface area contributed by atoms with Crippen molar-refractivity contribution in [2.24, 2.45) is 4.99 Å². The molecule has 2 aromatic heterocycles. The second-order valence-electron chi connectivity index (χ2n) is 11.1. The van der Waals surface area contributed by atoms with Crippen LogP contribution in [0.2, 0.25) is 5.02 Å². The van der Waals surface area contributed by atoms with Crippen LogP contribution in [0.15, 0.2) is 105 Å². The number of ether oxygens (including phenoxy) is 3. The number of hydrogen-bond acceptors (Lipinski definition) is 9. The van der Waals surface area contributed by atoms with Gasteiger partial charge in [0, 0.05) is 22.2 Å². The monoisotopic (exact) mass is 682 g/mol. The molecule has 0 spiro atoms. The normalized spacial score (nSPS) is 14.5. The van der Waals surface area contributed by atoms with Crippen LogP contribution in [0.4, 0.5) is 0 Å². The lowest BCUT2D eigenvalue weighted by atomic mass is 9.93. The van der Waals surface area contributed by atoms with Gasteiger partial charge in [-0.05, 0) is 68.8 Å². The molecule has 0 saturated heterocycles. The van der Waals surface area contributed by atoms with Crippen molar-refractivity contribution in [2.45, 2.75) is 32.9 Å². The summed E-state index contributed by atoms with van der Waals surface area (Å²) in [7, 11) is 1.55. The van der Waals surface area contributed by atoms with Gasteiger partial charge in [-0.15, -0.1) is 0 Å². The number of esters is 2. The van der Waals surface area contributed by atoms with Gasteiger partial charge >= 0.3 is 11.9 Å². The third-order valence-corrected chi connectivity index (χ3v) is 8.71. The number of aromatic nitrogens is 1. The van der Waals surface area contributed by atoms with E-state index < -0.39 is 18.0 Å². The summed E-state index contributed by atoms with van der Waals surface area (Å²) < 4.78 is 24.4. The Bertz CT molecular complexity index is 2230. The molecule has 48 heavy (non-hydrogen) atoms. The third-order valence-electron chi connectivity index (χ3n) is 7.49. The standard InChI is InChI=1S/C37H31ClN2O7S/c1-5-45-36(43)31-32(22-10-7-6-8-11-22)39-37-40(33(31)23-12-9-13-25(18-23)44-4)34(41)30(48-37)20-26-15-17-29(47-26)28-19-24(38)14-16-27(28)35(42)46-21(2)3/h6-21,33H,5H2,1-4H3/b30-20+/t33-/m1/s1. The van der Waals surface area contributed by atoms with E-state index in [0.717, 1.165) is 0 Å². The molecule has 0 saturated carbocycles. The van der Waals surface area contributed by atoms with E-state index in [-0.39, 0.29) is 23.8 Å². The van der Waals surface area contributed by atoms with Crippen molar-refractivity contribution in [1.29, 1.82) is 0 Å². The minimum absolute atomic E-state index is 0.143. The van der Waals surface area contributed by atoms with Crippen LogP contribution < -0.4 is 19.6 Å². The SMILES string of the molecule is CCOC(=O)C1=C(c2ccccc2)N=c2s/c(=C/c3ccc(-c4cc(Cl)ccc4C(=O)OC(C)C)o3)c(=O)n2[C@@H]1c1cccc(OC)c1. The van der Waals surface area contributed by atoms with E-state index >= 15 is 0 Å². The Morgan fingerprint density at radius 3 is 2.54 bits per heavy atom. The van der Waals surface area contributed by atoms with Crippen molar-refractivity contribution in [1.82, 2.24) is 4.57 Å². The lowest BCUT2D eigenvalue weighted by Crippen LogP contribution is -2.40. The molecule has 9 nitrogen and oxygen atoms in total. The number of hydrogen-bond donors (Lipinski definition) is 0. The number of furan rings is 1. The third kappa shape index (κ3) is 6.49. The van der Waals surface area contributed by atoms with Crippen LogP contribution in [0.5, 0.6) is 5.75 Å². The highest BCUT2D eigenvalue weighted by Crippen LogP contribution is 2.36. The van der Waals surface area contributed by atoms with Gasteiger partial charge in [0.1, 0.15) is 17.3 Å². The van der Waals surface area contributed by atoms with Crippen LogP contribution in [0, 0.1) is 0 Å². The van der Waals surface area contributed by atoms with Crippen LogP contribution in [-0.2, 0) is 14.3 Å². The number of halogens is 1. The summed E-state index contributed by atoms with van der Waals surface area (Å²) in [4.78, 5) is 46.0. The minimum atomic E-state index is -0.860. The highest BCUT2D eigenvalue weighted by atomic mass is 35.5. The zero-order valence-electron chi connectivity index (χ0n) is 26.6. The minimum Gasteiger partial charge on any atom is -0.497 e. The Hall–Kier alpha value is -5.19. The summed E-state index contributed by atoms with van der Waals surface area (Å²) >= 11 is 7.45. The van der Waals surface area contributed by atoms with E-state index in [1.807, 2.05) is 36.4 Å². The number of benzene rings is 3. The second kappa shape index (κ2) is 13.9. The van der Waals surface area contributed by atoms with Gasteiger partial charge in [0.05, 0.1) is 47.2 Å². The topological polar surface area (TPSA) is 109 Å². The first-order chi connectivity index (χ1) is 23.2. The number of thiazole rings is 1. The summed E-state index contributed by atoms with van der Waals surface area (Å²) in [6, 6.07) is 23.9. The number of fused-ring (bicyclic) bond motifs is 1. The van der Waals surface area contributed by atoms with Crippen molar-refractivity contribution in [3.63, 3.8) is 0 Å². The predicted octanol–water partition coefficient (Wildman–Crippen LogP) is 6.42. The van der Waals surface area contributed by atoms with Gasteiger partial charge < -0.3 is 18.6 Å². The van der Waals surface area contributed by atoms with Crippen molar-refractivity contribution >= 4 is 46.6 Å². The van der Waals surface area contributed by atoms with Crippen LogP contribution in [0.3, 0.4) is 0 Å². The average molecular weight is 683 g/mol. The molecule has 0 amide bonds. The van der Waals surface area contributed by atoms with Crippen molar-refractivity contribution in [2.75, 3.05) is 13.7 Å². The summed E-state index contributed by atoms with van der Waals surface area (Å²) in [5.41, 5.74) is 2.38. The second-order valence-corrected chi connectivity index (χ2v) is 12.5. The predicted molar refractivity (Wildman–Crippen MR) is 184 cm³/mol. The Balaban J connectivity index is 1.53. The average Bonchev–Trinajstić information content (AvgIpc) is 3.67. The molecule has 0 aliphatic carbocycles. The molecule has 1 aliphatic rings. The van der Waals surface area contributed by atoms with E-state index in [1.165, 1.54) is 15.9 Å². The maximum atomic E-state index is 14.2. The molecule has 11 heteroatoms. The van der Waals surface area contributed by atoms with Gasteiger partial charge in [-0.1, -0.05) is 65.4 Å². The quantitative estimate of drug-likeness (QED) is 0.165. The van der Waals surface area contributed by atoms with Gasteiger partial charge in [0.15, 0.2) is 4.80 Å². The fraction of sp³-hybridized carbons (Fsp3) is 0.189. The number of carbonyl (C=O) groups is 2. The largest absolute Gasteiger partial charge is 0.497 e. The zero-order valence-corrected chi connectivity index (χ0v) is 28.1. The molecule has 3 heterocycles. The highest BCUT2D eigenvalue weighted by Gasteiger charge is 2.35. The first kappa shape index (κ1) is 32.7. The van der Waals surface area contributed by atoms with Crippen molar-refractivity contribution in [3.8, 4) is 17.1 Å². The fourth-order valence-corrected chi connectivity index (χ4v) is 6.60. The van der Waals surface area contributed by atoms with Gasteiger partial charge in [-0.3, -0.25) is 9.36 Å². The maximum Gasteiger partial charge on any atom is 0.339 e. The first-order valence-corrected chi connectivity index (χ1v) is 16.4. The van der Waals surface area contributed by atoms with Crippen molar-refractivity contribution in [3.05, 3.63) is 138 Å². The van der Waals surface area contributed by atoms with Crippen LogP contribution in [0.1, 0.15) is 54.1 Å². The summed E-state index contributed by atoms with van der Waals surface area (Å²) in [5, 5.41) is 0.418. The number of nitrogens with zero attached hydrogens (tertiary/aromatic N) is 2. The summed E-state index contributed by atoms with van der Waals surface area (Å²) in [6.45, 7) is 5.41. The van der Waals surface area contributed by atoms with E-state index in [2.05, 4.69) is 0 Å². The first-order valence-electron chi connectivity index (χ1n) is 15.2. The van der Waals surface area contributed by atoms with Gasteiger partial charge in [0.2, 0.25) is 0 Å². The Morgan fingerprint density at radius 2 is 1.81 bits per heavy atom. The molecule has 0 fully saturated rings. The molecule has 0 unspecified atom stereocenters. The molecule has 244 valence electrons. The molecule has 3 aromatic carbocycles. The maximum absolute atomic E-state index is 14.2. The molecule has 1 atom stereocenters. The van der Waals surface area contributed by atoms with Crippen LogP contribution in [0.25, 0.3) is 23.1 Å². The fourth-order valence-electron chi connectivity index (χ4n) is 5.45. The molecule has 0 radical (unpaired) electrons. The molecular weight excluding hydrogens is 652 g/mol. The number of carbonyl (C=O) groups excluding carboxylic acids is 2. The lowest BCUT2D eigenvalue weighted by molar-refractivity contribution is -0.138. The number of rotatable bonds is 9. The highest BCUT2D eigenvalue weighted by molar-refractivity contribution is 7.07. The molecule has 1 aliphatic heterocycles. The van der Waals surface area contributed by atoms with Gasteiger partial charge in [-0.25, -0.2) is 14.6 Å². The lowest BCUT2D eigenvalue weighted by Gasteiger charge is -2.26. The zero-order chi connectivity index (χ0) is 33.9. The molecule has 0 N–H and O–H groups in total. The molecule has 5 aromatic rings. The summed E-state index contributed by atoms with van der Waals surface area (Å²) in [6.07, 6.45) is 1.30. The van der Waals surface area contributed by atoms with E-state index in [4.69, 9.17) is 35.2 Å². The smallest absolute Gasteiger partial charge is 0.339 e. The van der Waals surface area contributed by atoms with Crippen LogP contribution in [-0.4, -0.2) is 36.3 Å². The Morgan fingerprint density at radius 1 is 1.02 bits per heavy atom. The van der Waals surface area contributed by atoms with E-state index in [0.29, 0.717) is 59.6 Å². The molecular formula is C37H31ClN2O7S. The van der Waals surface area contributed by atoms with Crippen molar-refractivity contribution < 1.29 is 28.2 Å². The van der Waals surface area contributed by atoms with Gasteiger partial charge in [0.25, 0.3) is 5.56 Å². The molecule has 6 rings (SSSR count). The van der Waals surface area contributed by atoms with E-state index in [9.17, 15) is 14.4 Å². The number of methoxy groups -OCH3 is 1.